The van der Waals surface area contributed by atoms with Crippen LogP contribution in [0.4, 0.5) is 5.82 Å². The number of aromatic nitrogens is 7. The van der Waals surface area contributed by atoms with Crippen molar-refractivity contribution in [3.8, 4) is 0 Å². The highest BCUT2D eigenvalue weighted by Gasteiger charge is 2.48. The van der Waals surface area contributed by atoms with Crippen molar-refractivity contribution in [2.24, 2.45) is 7.05 Å². The van der Waals surface area contributed by atoms with Crippen LogP contribution in [0.5, 0.6) is 0 Å². The van der Waals surface area contributed by atoms with E-state index in [9.17, 15) is 0 Å². The first-order chi connectivity index (χ1) is 10.2. The molecule has 3 aromatic heterocycles. The number of nitrogens with one attached hydrogen (secondary N) is 1. The molecule has 1 fully saturated rings. The third-order valence-corrected chi connectivity index (χ3v) is 3.99. The van der Waals surface area contributed by atoms with Gasteiger partial charge >= 0.3 is 0 Å². The molecular formula is C12H14N8O. The van der Waals surface area contributed by atoms with E-state index in [0.29, 0.717) is 13.1 Å². The number of hydrogen-bond donors (Lipinski definition) is 1. The second-order valence-electron chi connectivity index (χ2n) is 5.13. The van der Waals surface area contributed by atoms with Crippen LogP contribution in [0.3, 0.4) is 0 Å². The summed E-state index contributed by atoms with van der Waals surface area (Å²) < 4.78 is 7.48. The zero-order chi connectivity index (χ0) is 14.4. The lowest BCUT2D eigenvalue weighted by Crippen LogP contribution is -2.61. The monoisotopic (exact) mass is 286 g/mol. The van der Waals surface area contributed by atoms with Crippen LogP contribution in [0.25, 0.3) is 11.0 Å². The molecule has 3 aromatic rings. The first-order valence-electron chi connectivity index (χ1n) is 6.53. The lowest BCUT2D eigenvalue weighted by Gasteiger charge is -2.49. The molecule has 0 atom stereocenters. The zero-order valence-corrected chi connectivity index (χ0v) is 11.7. The maximum Gasteiger partial charge on any atom is 0.160 e. The number of H-pyrrole nitrogens is 1. The van der Waals surface area contributed by atoms with Gasteiger partial charge in [-0.05, 0) is 0 Å². The van der Waals surface area contributed by atoms with E-state index in [2.05, 4.69) is 35.4 Å². The minimum Gasteiger partial charge on any atom is -0.368 e. The molecule has 0 bridgehead atoms. The molecule has 0 aliphatic carbocycles. The predicted molar refractivity (Wildman–Crippen MR) is 73.6 cm³/mol. The Balaban J connectivity index is 1.67. The van der Waals surface area contributed by atoms with E-state index in [1.165, 1.54) is 6.33 Å². The fourth-order valence-corrected chi connectivity index (χ4v) is 2.82. The molecule has 0 saturated carbocycles. The van der Waals surface area contributed by atoms with Gasteiger partial charge in [0, 0.05) is 14.2 Å². The summed E-state index contributed by atoms with van der Waals surface area (Å²) in [5.74, 6) is 0.858. The van der Waals surface area contributed by atoms with Crippen molar-refractivity contribution in [2.45, 2.75) is 5.60 Å². The second-order valence-corrected chi connectivity index (χ2v) is 5.13. The summed E-state index contributed by atoms with van der Waals surface area (Å²) >= 11 is 0. The average molecular weight is 286 g/mol. The molecule has 0 amide bonds. The van der Waals surface area contributed by atoms with Crippen molar-refractivity contribution >= 4 is 16.9 Å². The molecule has 1 saturated heterocycles. The van der Waals surface area contributed by atoms with Gasteiger partial charge in [-0.3, -0.25) is 5.10 Å². The van der Waals surface area contributed by atoms with Crippen LogP contribution in [0, 0.1) is 0 Å². The smallest absolute Gasteiger partial charge is 0.160 e. The normalized spacial score (nSPS) is 17.1. The summed E-state index contributed by atoms with van der Waals surface area (Å²) in [4.78, 5) is 10.7. The first kappa shape index (κ1) is 12.2. The van der Waals surface area contributed by atoms with Gasteiger partial charge in [-0.25, -0.2) is 14.6 Å². The van der Waals surface area contributed by atoms with Crippen LogP contribution in [0.1, 0.15) is 5.69 Å². The standard InChI is InChI=1S/C12H14N8O/c1-19-9(4-16-18-19)12(21-2)5-20(6-12)11-8-3-15-17-10(8)13-7-14-11/h3-4,7H,5-6H2,1-2H3,(H,13,14,15,17). The topological polar surface area (TPSA) is 97.6 Å². The van der Waals surface area contributed by atoms with Crippen LogP contribution < -0.4 is 4.90 Å². The SMILES string of the molecule is COC1(c2cnnn2C)CN(c2ncnc3[nH]ncc23)C1. The number of rotatable bonds is 3. The van der Waals surface area contributed by atoms with E-state index in [1.807, 2.05) is 7.05 Å². The largest absolute Gasteiger partial charge is 0.368 e. The van der Waals surface area contributed by atoms with Crippen LogP contribution >= 0.6 is 0 Å². The molecule has 0 unspecified atom stereocenters. The molecule has 0 spiro atoms. The number of methoxy groups -OCH3 is 1. The number of ether oxygens (including phenoxy) is 1. The number of nitrogens with zero attached hydrogens (tertiary/aromatic N) is 7. The Hall–Kier alpha value is -2.55. The van der Waals surface area contributed by atoms with E-state index in [-0.39, 0.29) is 0 Å². The second kappa shape index (κ2) is 4.22. The number of anilines is 1. The highest BCUT2D eigenvalue weighted by Crippen LogP contribution is 2.38. The molecule has 9 nitrogen and oxygen atoms in total. The Labute approximate surface area is 119 Å². The Kier molecular flexibility index (Phi) is 2.45. The van der Waals surface area contributed by atoms with Crippen molar-refractivity contribution in [3.63, 3.8) is 0 Å². The van der Waals surface area contributed by atoms with E-state index in [0.717, 1.165) is 22.5 Å². The summed E-state index contributed by atoms with van der Waals surface area (Å²) in [6.07, 6.45) is 5.02. The van der Waals surface area contributed by atoms with Gasteiger partial charge in [-0.15, -0.1) is 5.10 Å². The fourth-order valence-electron chi connectivity index (χ4n) is 2.82. The third-order valence-electron chi connectivity index (χ3n) is 3.99. The summed E-state index contributed by atoms with van der Waals surface area (Å²) in [6, 6.07) is 0. The summed E-state index contributed by atoms with van der Waals surface area (Å²) in [5.41, 5.74) is 1.29. The lowest BCUT2D eigenvalue weighted by molar-refractivity contribution is -0.0446. The van der Waals surface area contributed by atoms with Gasteiger partial charge in [0.25, 0.3) is 0 Å². The fraction of sp³-hybridized carbons (Fsp3) is 0.417. The summed E-state index contributed by atoms with van der Waals surface area (Å²) in [6.45, 7) is 1.37. The summed E-state index contributed by atoms with van der Waals surface area (Å²) in [7, 11) is 3.57. The third kappa shape index (κ3) is 1.64. The van der Waals surface area contributed by atoms with Gasteiger partial charge in [-0.2, -0.15) is 5.10 Å². The van der Waals surface area contributed by atoms with Crippen molar-refractivity contribution in [1.29, 1.82) is 0 Å². The van der Waals surface area contributed by atoms with E-state index < -0.39 is 5.60 Å². The Morgan fingerprint density at radius 3 is 2.86 bits per heavy atom. The quantitative estimate of drug-likeness (QED) is 0.714. The molecular weight excluding hydrogens is 272 g/mol. The highest BCUT2D eigenvalue weighted by molar-refractivity contribution is 5.86. The van der Waals surface area contributed by atoms with E-state index in [4.69, 9.17) is 4.74 Å². The van der Waals surface area contributed by atoms with Crippen molar-refractivity contribution in [1.82, 2.24) is 35.2 Å². The predicted octanol–water partition coefficient (Wildman–Crippen LogP) is -0.157. The van der Waals surface area contributed by atoms with Gasteiger partial charge in [0.2, 0.25) is 0 Å². The Morgan fingerprint density at radius 1 is 1.29 bits per heavy atom. The van der Waals surface area contributed by atoms with Crippen molar-refractivity contribution in [2.75, 3.05) is 25.1 Å². The molecule has 4 rings (SSSR count). The van der Waals surface area contributed by atoms with Crippen LogP contribution in [0.2, 0.25) is 0 Å². The maximum absolute atomic E-state index is 5.73. The molecule has 108 valence electrons. The zero-order valence-electron chi connectivity index (χ0n) is 11.7. The molecule has 21 heavy (non-hydrogen) atoms. The van der Waals surface area contributed by atoms with Gasteiger partial charge in [0.1, 0.15) is 17.7 Å². The van der Waals surface area contributed by atoms with Crippen LogP contribution in [-0.2, 0) is 17.4 Å². The van der Waals surface area contributed by atoms with Gasteiger partial charge < -0.3 is 9.64 Å². The molecule has 0 radical (unpaired) electrons. The van der Waals surface area contributed by atoms with E-state index >= 15 is 0 Å². The molecule has 9 heteroatoms. The number of hydrogen-bond acceptors (Lipinski definition) is 7. The number of fused-ring (bicyclic) bond motifs is 1. The van der Waals surface area contributed by atoms with Gasteiger partial charge in [0.15, 0.2) is 5.65 Å². The molecule has 1 aliphatic rings. The molecule has 1 N–H and O–H groups in total. The average Bonchev–Trinajstić information content (AvgIpc) is 3.08. The van der Waals surface area contributed by atoms with Crippen LogP contribution in [0.15, 0.2) is 18.7 Å². The van der Waals surface area contributed by atoms with Crippen LogP contribution in [-0.4, -0.2) is 55.4 Å². The van der Waals surface area contributed by atoms with Gasteiger partial charge in [-0.1, -0.05) is 5.21 Å². The van der Waals surface area contributed by atoms with Crippen molar-refractivity contribution < 1.29 is 4.74 Å². The minimum absolute atomic E-state index is 0.404. The van der Waals surface area contributed by atoms with Crippen molar-refractivity contribution in [3.05, 3.63) is 24.4 Å². The summed E-state index contributed by atoms with van der Waals surface area (Å²) in [5, 5.41) is 15.7. The lowest BCUT2D eigenvalue weighted by atomic mass is 9.90. The molecule has 1 aliphatic heterocycles. The van der Waals surface area contributed by atoms with E-state index in [1.54, 1.807) is 24.2 Å². The number of aromatic amines is 1. The number of aryl methyl sites for hydroxylation is 1. The first-order valence-corrected chi connectivity index (χ1v) is 6.53. The Morgan fingerprint density at radius 2 is 2.14 bits per heavy atom. The maximum atomic E-state index is 5.73. The Bertz CT molecular complexity index is 787. The highest BCUT2D eigenvalue weighted by atomic mass is 16.5. The molecule has 4 heterocycles. The minimum atomic E-state index is -0.404. The van der Waals surface area contributed by atoms with Gasteiger partial charge in [0.05, 0.1) is 36.6 Å². The molecule has 0 aromatic carbocycles.